The van der Waals surface area contributed by atoms with Gasteiger partial charge < -0.3 is 14.6 Å². The van der Waals surface area contributed by atoms with E-state index in [9.17, 15) is 4.21 Å². The van der Waals surface area contributed by atoms with Crippen LogP contribution in [0.3, 0.4) is 0 Å². The number of nitrogens with zero attached hydrogens (tertiary/aromatic N) is 5. The van der Waals surface area contributed by atoms with Crippen LogP contribution in [0.2, 0.25) is 0 Å². The quantitative estimate of drug-likeness (QED) is 0.673. The molecule has 152 valence electrons. The number of anilines is 1. The van der Waals surface area contributed by atoms with E-state index in [-0.39, 0.29) is 6.04 Å². The first-order valence-electron chi connectivity index (χ1n) is 9.66. The summed E-state index contributed by atoms with van der Waals surface area (Å²) in [6, 6.07) is 3.94. The fourth-order valence-corrected chi connectivity index (χ4v) is 5.22. The summed E-state index contributed by atoms with van der Waals surface area (Å²) in [5, 5.41) is 0.915. The van der Waals surface area contributed by atoms with Crippen molar-refractivity contribution in [2.45, 2.75) is 30.6 Å². The normalized spacial score (nSPS) is 23.1. The minimum absolute atomic E-state index is 0.119. The van der Waals surface area contributed by atoms with Crippen molar-refractivity contribution in [3.63, 3.8) is 0 Å². The van der Waals surface area contributed by atoms with Crippen LogP contribution in [0.15, 0.2) is 24.5 Å². The summed E-state index contributed by atoms with van der Waals surface area (Å²) in [6.45, 7) is 3.95. The summed E-state index contributed by atoms with van der Waals surface area (Å²) in [5.74, 6) is 1.53. The fraction of sp³-hybridized carbons (Fsp3) is 0.474. The second-order valence-electron chi connectivity index (χ2n) is 7.84. The van der Waals surface area contributed by atoms with Crippen molar-refractivity contribution in [3.8, 4) is 11.4 Å². The molecular weight excluding hydrogens is 390 g/mol. The highest BCUT2D eigenvalue weighted by Crippen LogP contribution is 2.51. The first-order chi connectivity index (χ1) is 13.9. The molecule has 29 heavy (non-hydrogen) atoms. The van der Waals surface area contributed by atoms with Crippen molar-refractivity contribution < 1.29 is 8.95 Å². The van der Waals surface area contributed by atoms with Crippen molar-refractivity contribution in [3.05, 3.63) is 30.4 Å². The van der Waals surface area contributed by atoms with Gasteiger partial charge in [-0.05, 0) is 31.9 Å². The third kappa shape index (κ3) is 2.98. The molecule has 1 aliphatic heterocycles. The lowest BCUT2D eigenvalue weighted by Crippen LogP contribution is -2.45. The molecule has 3 aromatic rings. The molecule has 1 saturated carbocycles. The van der Waals surface area contributed by atoms with Gasteiger partial charge in [0.25, 0.3) is 0 Å². The van der Waals surface area contributed by atoms with Gasteiger partial charge in [-0.15, -0.1) is 0 Å². The topological polar surface area (TPSA) is 121 Å². The second kappa shape index (κ2) is 6.46. The van der Waals surface area contributed by atoms with Gasteiger partial charge >= 0.3 is 0 Å². The number of nitrogens with one attached hydrogen (secondary N) is 2. The van der Waals surface area contributed by atoms with Gasteiger partial charge in [0.15, 0.2) is 11.6 Å². The number of hydrogen-bond donors (Lipinski definition) is 2. The number of H-pyrrole nitrogens is 1. The molecule has 0 aromatic carbocycles. The molecule has 10 heteroatoms. The maximum Gasteiger partial charge on any atom is 0.229 e. The Kier molecular flexibility index (Phi) is 4.11. The highest BCUT2D eigenvalue weighted by Gasteiger charge is 2.54. The number of ether oxygens (including phenoxy) is 1. The highest BCUT2D eigenvalue weighted by molar-refractivity contribution is 7.92. The minimum atomic E-state index is -2.85. The summed E-state index contributed by atoms with van der Waals surface area (Å²) >= 11 is 0. The maximum atomic E-state index is 12.8. The van der Waals surface area contributed by atoms with Gasteiger partial charge in [-0.3, -0.25) is 4.78 Å². The van der Waals surface area contributed by atoms with Crippen LogP contribution in [-0.2, 0) is 19.2 Å². The zero-order valence-electron chi connectivity index (χ0n) is 16.4. The van der Waals surface area contributed by atoms with Gasteiger partial charge in [-0.25, -0.2) is 14.2 Å². The van der Waals surface area contributed by atoms with E-state index in [0.717, 1.165) is 16.6 Å². The Balaban J connectivity index is 1.72. The molecular formula is C19H23N7O2S. The van der Waals surface area contributed by atoms with Crippen LogP contribution >= 0.6 is 0 Å². The lowest BCUT2D eigenvalue weighted by Gasteiger charge is -2.33. The number of aromatic amines is 1. The van der Waals surface area contributed by atoms with Crippen LogP contribution in [0.25, 0.3) is 22.4 Å². The van der Waals surface area contributed by atoms with E-state index in [4.69, 9.17) is 24.5 Å². The average Bonchev–Trinajstić information content (AvgIpc) is 3.39. The van der Waals surface area contributed by atoms with Gasteiger partial charge in [0.1, 0.15) is 10.4 Å². The minimum Gasteiger partial charge on any atom is -0.377 e. The van der Waals surface area contributed by atoms with E-state index in [1.54, 1.807) is 6.20 Å². The van der Waals surface area contributed by atoms with Crippen LogP contribution in [-0.4, -0.2) is 61.2 Å². The Hall–Kier alpha value is -2.59. The molecule has 0 spiro atoms. The van der Waals surface area contributed by atoms with Gasteiger partial charge in [-0.2, -0.15) is 9.97 Å². The van der Waals surface area contributed by atoms with Crippen molar-refractivity contribution >= 4 is 26.7 Å². The monoisotopic (exact) mass is 413 g/mol. The molecule has 5 rings (SSSR count). The van der Waals surface area contributed by atoms with Crippen LogP contribution < -0.4 is 4.90 Å². The lowest BCUT2D eigenvalue weighted by molar-refractivity contribution is 0.0980. The standard InChI is InChI=1S/C19H23N7O2S/c1-12-11-28-10-9-26(12)18-24-16(14-4-8-22-15-13(14)3-7-21-15)23-17(25-18)19(5-6-19)29(2,20)27/h3-4,7-8,12,20H,5-6,9-11H2,1-2H3,(H,21,22)/t12-,29?/m1/s1. The highest BCUT2D eigenvalue weighted by atomic mass is 32.2. The van der Waals surface area contributed by atoms with Crippen molar-refractivity contribution in [2.75, 3.05) is 30.9 Å². The summed E-state index contributed by atoms with van der Waals surface area (Å²) in [4.78, 5) is 23.8. The van der Waals surface area contributed by atoms with E-state index >= 15 is 0 Å². The number of fused-ring (bicyclic) bond motifs is 1. The van der Waals surface area contributed by atoms with E-state index < -0.39 is 14.5 Å². The Morgan fingerprint density at radius 3 is 2.86 bits per heavy atom. The Bertz CT molecular complexity index is 1190. The molecule has 9 nitrogen and oxygen atoms in total. The molecule has 2 atom stereocenters. The molecule has 0 amide bonds. The van der Waals surface area contributed by atoms with Crippen LogP contribution in [0.4, 0.5) is 5.95 Å². The molecule has 0 bridgehead atoms. The van der Waals surface area contributed by atoms with Crippen molar-refractivity contribution in [2.24, 2.45) is 0 Å². The predicted molar refractivity (Wildman–Crippen MR) is 110 cm³/mol. The summed E-state index contributed by atoms with van der Waals surface area (Å²) in [7, 11) is -2.85. The maximum absolute atomic E-state index is 12.8. The fourth-order valence-electron chi connectivity index (χ4n) is 3.90. The SMILES string of the molecule is C[C@@H]1COCCN1c1nc(-c2ccnc3[nH]ccc23)nc(C2(S(C)(=N)=O)CC2)n1. The van der Waals surface area contributed by atoms with Crippen molar-refractivity contribution in [1.29, 1.82) is 4.78 Å². The number of pyridine rings is 1. The lowest BCUT2D eigenvalue weighted by atomic mass is 10.1. The smallest absolute Gasteiger partial charge is 0.229 e. The first-order valence-corrected chi connectivity index (χ1v) is 11.6. The number of hydrogen-bond acceptors (Lipinski definition) is 8. The van der Waals surface area contributed by atoms with Gasteiger partial charge in [0.05, 0.1) is 29.0 Å². The molecule has 4 heterocycles. The molecule has 1 aliphatic carbocycles. The zero-order valence-corrected chi connectivity index (χ0v) is 17.2. The second-order valence-corrected chi connectivity index (χ2v) is 10.3. The summed E-state index contributed by atoms with van der Waals surface area (Å²) in [6.07, 6.45) is 6.35. The average molecular weight is 414 g/mol. The van der Waals surface area contributed by atoms with E-state index in [2.05, 4.69) is 21.8 Å². The molecule has 2 aliphatic rings. The molecule has 2 fully saturated rings. The summed E-state index contributed by atoms with van der Waals surface area (Å²) < 4.78 is 25.8. The Morgan fingerprint density at radius 2 is 2.14 bits per heavy atom. The van der Waals surface area contributed by atoms with E-state index in [0.29, 0.717) is 50.2 Å². The third-order valence-corrected chi connectivity index (χ3v) is 7.89. The van der Waals surface area contributed by atoms with E-state index in [1.165, 1.54) is 6.26 Å². The van der Waals surface area contributed by atoms with Gasteiger partial charge in [0, 0.05) is 36.1 Å². The van der Waals surface area contributed by atoms with Crippen LogP contribution in [0.1, 0.15) is 25.6 Å². The molecule has 1 unspecified atom stereocenters. The first kappa shape index (κ1) is 18.4. The van der Waals surface area contributed by atoms with Gasteiger partial charge in [0.2, 0.25) is 5.95 Å². The Morgan fingerprint density at radius 1 is 1.31 bits per heavy atom. The molecule has 2 N–H and O–H groups in total. The van der Waals surface area contributed by atoms with Gasteiger partial charge in [-0.1, -0.05) is 0 Å². The van der Waals surface area contributed by atoms with Crippen LogP contribution in [0, 0.1) is 4.78 Å². The predicted octanol–water partition coefficient (Wildman–Crippen LogP) is 2.31. The van der Waals surface area contributed by atoms with Crippen LogP contribution in [0.5, 0.6) is 0 Å². The largest absolute Gasteiger partial charge is 0.377 e. The molecule has 0 radical (unpaired) electrons. The Labute approximate surface area is 168 Å². The van der Waals surface area contributed by atoms with E-state index in [1.807, 2.05) is 18.3 Å². The third-order valence-electron chi connectivity index (χ3n) is 5.81. The number of aromatic nitrogens is 5. The molecule has 3 aromatic heterocycles. The number of rotatable bonds is 4. The zero-order chi connectivity index (χ0) is 20.2. The number of morpholine rings is 1. The van der Waals surface area contributed by atoms with Crippen molar-refractivity contribution in [1.82, 2.24) is 24.9 Å². The molecule has 1 saturated heterocycles. The summed E-state index contributed by atoms with van der Waals surface area (Å²) in [5.41, 5.74) is 1.59.